The van der Waals surface area contributed by atoms with Gasteiger partial charge in [0.05, 0.1) is 0 Å². The zero-order chi connectivity index (χ0) is 9.84. The molecule has 74 valence electrons. The van der Waals surface area contributed by atoms with Crippen molar-refractivity contribution in [3.05, 3.63) is 5.82 Å². The minimum atomic E-state index is 0.338. The van der Waals surface area contributed by atoms with E-state index in [0.717, 1.165) is 11.0 Å². The van der Waals surface area contributed by atoms with E-state index in [2.05, 4.69) is 28.5 Å². The lowest BCUT2D eigenvalue weighted by Gasteiger charge is -2.17. The molecule has 2 unspecified atom stereocenters. The molecular formula is C8H14ClN3S. The van der Waals surface area contributed by atoms with Crippen molar-refractivity contribution >= 4 is 28.3 Å². The topological polar surface area (TPSA) is 37.8 Å². The van der Waals surface area contributed by atoms with Gasteiger partial charge in [-0.2, -0.15) is 4.37 Å². The summed E-state index contributed by atoms with van der Waals surface area (Å²) >= 11 is 7.14. The average Bonchev–Trinajstić information content (AvgIpc) is 2.49. The predicted molar refractivity (Wildman–Crippen MR) is 57.6 cm³/mol. The second-order valence-electron chi connectivity index (χ2n) is 3.21. The number of hydrogen-bond acceptors (Lipinski definition) is 4. The number of anilines is 1. The van der Waals surface area contributed by atoms with Crippen LogP contribution in [-0.2, 0) is 0 Å². The highest BCUT2D eigenvalue weighted by atomic mass is 35.5. The number of nitrogens with zero attached hydrogens (tertiary/aromatic N) is 2. The number of alkyl halides is 1. The summed E-state index contributed by atoms with van der Waals surface area (Å²) in [5.74, 6) is 1.91. The summed E-state index contributed by atoms with van der Waals surface area (Å²) < 4.78 is 4.09. The second kappa shape index (κ2) is 4.77. The Hall–Kier alpha value is -0.350. The summed E-state index contributed by atoms with van der Waals surface area (Å²) in [6.07, 6.45) is 0. The number of aromatic nitrogens is 2. The van der Waals surface area contributed by atoms with Gasteiger partial charge < -0.3 is 5.32 Å². The van der Waals surface area contributed by atoms with E-state index in [0.29, 0.717) is 17.8 Å². The zero-order valence-electron chi connectivity index (χ0n) is 8.04. The Bertz CT molecular complexity index is 264. The maximum atomic E-state index is 5.75. The van der Waals surface area contributed by atoms with Gasteiger partial charge in [-0.25, -0.2) is 4.98 Å². The molecule has 0 aliphatic carbocycles. The fraction of sp³-hybridized carbons (Fsp3) is 0.750. The lowest BCUT2D eigenvalue weighted by molar-refractivity contribution is 0.565. The largest absolute Gasteiger partial charge is 0.358 e. The third-order valence-corrected chi connectivity index (χ3v) is 3.20. The standard InChI is InChI=1S/C8H14ClN3S/c1-5(4-9)6(2)10-8-11-7(3)12-13-8/h5-6H,4H2,1-3H3,(H,10,11,12). The van der Waals surface area contributed by atoms with E-state index in [1.807, 2.05) is 6.92 Å². The first-order valence-electron chi connectivity index (χ1n) is 4.26. The first kappa shape index (κ1) is 10.7. The summed E-state index contributed by atoms with van der Waals surface area (Å²) in [5, 5.41) is 4.15. The lowest BCUT2D eigenvalue weighted by Crippen LogP contribution is -2.24. The van der Waals surface area contributed by atoms with Gasteiger partial charge in [-0.15, -0.1) is 11.6 Å². The van der Waals surface area contributed by atoms with Crippen LogP contribution in [0.25, 0.3) is 0 Å². The van der Waals surface area contributed by atoms with Crippen LogP contribution in [0.4, 0.5) is 5.13 Å². The molecule has 0 fully saturated rings. The minimum absolute atomic E-state index is 0.338. The SMILES string of the molecule is Cc1nsc(NC(C)C(C)CCl)n1. The van der Waals surface area contributed by atoms with Gasteiger partial charge in [0, 0.05) is 23.5 Å². The minimum Gasteiger partial charge on any atom is -0.358 e. The molecule has 0 aromatic carbocycles. The fourth-order valence-electron chi connectivity index (χ4n) is 0.826. The Balaban J connectivity index is 2.49. The maximum absolute atomic E-state index is 5.75. The molecule has 1 heterocycles. The average molecular weight is 220 g/mol. The highest BCUT2D eigenvalue weighted by Gasteiger charge is 2.12. The van der Waals surface area contributed by atoms with Crippen molar-refractivity contribution in [1.29, 1.82) is 0 Å². The number of halogens is 1. The van der Waals surface area contributed by atoms with Crippen molar-refractivity contribution in [1.82, 2.24) is 9.36 Å². The van der Waals surface area contributed by atoms with Gasteiger partial charge in [0.2, 0.25) is 5.13 Å². The van der Waals surface area contributed by atoms with Crippen molar-refractivity contribution in [3.8, 4) is 0 Å². The predicted octanol–water partition coefficient (Wildman–Crippen LogP) is 2.52. The van der Waals surface area contributed by atoms with Crippen LogP contribution < -0.4 is 5.32 Å². The van der Waals surface area contributed by atoms with Crippen molar-refractivity contribution in [2.75, 3.05) is 11.2 Å². The van der Waals surface area contributed by atoms with Gasteiger partial charge in [0.1, 0.15) is 5.82 Å². The number of nitrogens with one attached hydrogen (secondary N) is 1. The highest BCUT2D eigenvalue weighted by molar-refractivity contribution is 7.09. The quantitative estimate of drug-likeness (QED) is 0.791. The van der Waals surface area contributed by atoms with Crippen LogP contribution in [0.5, 0.6) is 0 Å². The molecule has 0 bridgehead atoms. The van der Waals surface area contributed by atoms with Gasteiger partial charge in [-0.05, 0) is 19.8 Å². The molecule has 0 saturated heterocycles. The number of aryl methyl sites for hydroxylation is 1. The monoisotopic (exact) mass is 219 g/mol. The second-order valence-corrected chi connectivity index (χ2v) is 4.27. The van der Waals surface area contributed by atoms with Crippen LogP contribution in [0.15, 0.2) is 0 Å². The van der Waals surface area contributed by atoms with Crippen LogP contribution in [0, 0.1) is 12.8 Å². The van der Waals surface area contributed by atoms with E-state index in [1.165, 1.54) is 11.5 Å². The molecule has 1 N–H and O–H groups in total. The van der Waals surface area contributed by atoms with Gasteiger partial charge in [-0.3, -0.25) is 0 Å². The van der Waals surface area contributed by atoms with E-state index in [-0.39, 0.29) is 0 Å². The summed E-state index contributed by atoms with van der Waals surface area (Å²) in [5.41, 5.74) is 0. The van der Waals surface area contributed by atoms with Gasteiger partial charge >= 0.3 is 0 Å². The Labute approximate surface area is 87.7 Å². The van der Waals surface area contributed by atoms with E-state index >= 15 is 0 Å². The van der Waals surface area contributed by atoms with Crippen molar-refractivity contribution in [2.24, 2.45) is 5.92 Å². The zero-order valence-corrected chi connectivity index (χ0v) is 9.61. The highest BCUT2D eigenvalue weighted by Crippen LogP contribution is 2.15. The van der Waals surface area contributed by atoms with Crippen LogP contribution in [0.3, 0.4) is 0 Å². The summed E-state index contributed by atoms with van der Waals surface area (Å²) in [7, 11) is 0. The van der Waals surface area contributed by atoms with Crippen molar-refractivity contribution in [2.45, 2.75) is 26.8 Å². The van der Waals surface area contributed by atoms with Crippen LogP contribution >= 0.6 is 23.1 Å². The molecule has 0 radical (unpaired) electrons. The Morgan fingerprint density at radius 1 is 1.54 bits per heavy atom. The summed E-state index contributed by atoms with van der Waals surface area (Å²) in [4.78, 5) is 4.22. The Kier molecular flexibility index (Phi) is 3.93. The first-order valence-corrected chi connectivity index (χ1v) is 5.57. The van der Waals surface area contributed by atoms with E-state index in [4.69, 9.17) is 11.6 Å². The number of rotatable bonds is 4. The molecule has 0 aliphatic rings. The van der Waals surface area contributed by atoms with Gasteiger partial charge in [-0.1, -0.05) is 6.92 Å². The van der Waals surface area contributed by atoms with E-state index < -0.39 is 0 Å². The van der Waals surface area contributed by atoms with Crippen molar-refractivity contribution < 1.29 is 0 Å². The molecule has 1 aromatic rings. The van der Waals surface area contributed by atoms with Crippen LogP contribution in [0.2, 0.25) is 0 Å². The van der Waals surface area contributed by atoms with Gasteiger partial charge in [0.25, 0.3) is 0 Å². The van der Waals surface area contributed by atoms with E-state index in [1.54, 1.807) is 0 Å². The summed E-state index contributed by atoms with van der Waals surface area (Å²) in [6, 6.07) is 0.338. The Morgan fingerprint density at radius 2 is 2.23 bits per heavy atom. The third kappa shape index (κ3) is 3.12. The normalized spacial score (nSPS) is 15.4. The lowest BCUT2D eigenvalue weighted by atomic mass is 10.1. The number of hydrogen-bond donors (Lipinski definition) is 1. The maximum Gasteiger partial charge on any atom is 0.202 e. The first-order chi connectivity index (χ1) is 6.13. The molecule has 5 heteroatoms. The van der Waals surface area contributed by atoms with Crippen LogP contribution in [-0.4, -0.2) is 21.3 Å². The molecule has 0 amide bonds. The smallest absolute Gasteiger partial charge is 0.202 e. The fourth-order valence-corrected chi connectivity index (χ4v) is 1.76. The molecule has 2 atom stereocenters. The van der Waals surface area contributed by atoms with Crippen molar-refractivity contribution in [3.63, 3.8) is 0 Å². The molecular weight excluding hydrogens is 206 g/mol. The molecule has 13 heavy (non-hydrogen) atoms. The summed E-state index contributed by atoms with van der Waals surface area (Å²) in [6.45, 7) is 6.10. The van der Waals surface area contributed by atoms with Gasteiger partial charge in [0.15, 0.2) is 0 Å². The molecule has 3 nitrogen and oxygen atoms in total. The van der Waals surface area contributed by atoms with Crippen LogP contribution in [0.1, 0.15) is 19.7 Å². The molecule has 1 aromatic heterocycles. The molecule has 0 saturated carbocycles. The molecule has 0 aliphatic heterocycles. The molecule has 0 spiro atoms. The third-order valence-electron chi connectivity index (χ3n) is 1.98. The van der Waals surface area contributed by atoms with E-state index in [9.17, 15) is 0 Å². The molecule has 1 rings (SSSR count). The Morgan fingerprint density at radius 3 is 2.69 bits per heavy atom.